The third-order valence-electron chi connectivity index (χ3n) is 2.67. The zero-order chi connectivity index (χ0) is 14.2. The van der Waals surface area contributed by atoms with Gasteiger partial charge >= 0.3 is 0 Å². The standard InChI is InChI=1S/C11H11F2N3O2S/c1-6-7(2)14-15-11(6)16-19(17,18)10-4-3-8(12)5-9(10)13/h3-5H,1-2H3,(H2,14,15,16). The van der Waals surface area contributed by atoms with E-state index in [1.165, 1.54) is 0 Å². The first-order valence-corrected chi connectivity index (χ1v) is 6.79. The number of aromatic amines is 1. The van der Waals surface area contributed by atoms with Gasteiger partial charge in [0.15, 0.2) is 5.82 Å². The van der Waals surface area contributed by atoms with E-state index in [4.69, 9.17) is 0 Å². The predicted octanol–water partition coefficient (Wildman–Crippen LogP) is 2.11. The summed E-state index contributed by atoms with van der Waals surface area (Å²) in [4.78, 5) is -0.631. The third kappa shape index (κ3) is 2.58. The maximum atomic E-state index is 13.5. The molecule has 5 nitrogen and oxygen atoms in total. The number of halogens is 2. The van der Waals surface area contributed by atoms with Crippen LogP contribution in [-0.2, 0) is 10.0 Å². The van der Waals surface area contributed by atoms with Crippen LogP contribution >= 0.6 is 0 Å². The first-order chi connectivity index (χ1) is 8.81. The predicted molar refractivity (Wildman–Crippen MR) is 65.2 cm³/mol. The summed E-state index contributed by atoms with van der Waals surface area (Å²) >= 11 is 0. The van der Waals surface area contributed by atoms with Gasteiger partial charge in [-0.2, -0.15) is 5.10 Å². The van der Waals surface area contributed by atoms with Gasteiger partial charge in [0.2, 0.25) is 0 Å². The van der Waals surface area contributed by atoms with Crippen molar-refractivity contribution in [2.75, 3.05) is 4.72 Å². The molecule has 2 aromatic rings. The molecule has 2 N–H and O–H groups in total. The number of nitrogens with one attached hydrogen (secondary N) is 2. The van der Waals surface area contributed by atoms with Crippen LogP contribution < -0.4 is 4.72 Å². The van der Waals surface area contributed by atoms with E-state index in [-0.39, 0.29) is 5.82 Å². The van der Waals surface area contributed by atoms with Crippen LogP contribution in [0, 0.1) is 25.5 Å². The molecule has 0 radical (unpaired) electrons. The highest BCUT2D eigenvalue weighted by Gasteiger charge is 2.21. The van der Waals surface area contributed by atoms with Crippen LogP contribution in [0.2, 0.25) is 0 Å². The van der Waals surface area contributed by atoms with E-state index < -0.39 is 26.6 Å². The van der Waals surface area contributed by atoms with Gasteiger partial charge < -0.3 is 0 Å². The topological polar surface area (TPSA) is 74.8 Å². The Morgan fingerprint density at radius 1 is 1.26 bits per heavy atom. The fourth-order valence-electron chi connectivity index (χ4n) is 1.46. The molecule has 0 aliphatic carbocycles. The summed E-state index contributed by atoms with van der Waals surface area (Å²) in [5, 5.41) is 6.37. The van der Waals surface area contributed by atoms with E-state index in [0.717, 1.165) is 12.1 Å². The number of benzene rings is 1. The highest BCUT2D eigenvalue weighted by atomic mass is 32.2. The van der Waals surface area contributed by atoms with Crippen LogP contribution in [-0.4, -0.2) is 18.6 Å². The Labute approximate surface area is 108 Å². The first-order valence-electron chi connectivity index (χ1n) is 5.30. The molecule has 0 unspecified atom stereocenters. The van der Waals surface area contributed by atoms with Crippen molar-refractivity contribution >= 4 is 15.8 Å². The molecule has 102 valence electrons. The summed E-state index contributed by atoms with van der Waals surface area (Å²) in [6.07, 6.45) is 0. The van der Waals surface area contributed by atoms with Crippen LogP contribution in [0.3, 0.4) is 0 Å². The largest absolute Gasteiger partial charge is 0.280 e. The lowest BCUT2D eigenvalue weighted by Gasteiger charge is -2.07. The maximum Gasteiger partial charge on any atom is 0.266 e. The van der Waals surface area contributed by atoms with Gasteiger partial charge in [-0.05, 0) is 26.0 Å². The molecule has 0 aliphatic rings. The number of aryl methyl sites for hydroxylation is 1. The van der Waals surface area contributed by atoms with Crippen molar-refractivity contribution in [3.63, 3.8) is 0 Å². The Morgan fingerprint density at radius 3 is 2.47 bits per heavy atom. The van der Waals surface area contributed by atoms with Crippen LogP contribution in [0.15, 0.2) is 23.1 Å². The summed E-state index contributed by atoms with van der Waals surface area (Å²) in [5.74, 6) is -1.91. The summed E-state index contributed by atoms with van der Waals surface area (Å²) < 4.78 is 52.3. The summed E-state index contributed by atoms with van der Waals surface area (Å²) in [5.41, 5.74) is 1.29. The van der Waals surface area contributed by atoms with Crippen molar-refractivity contribution in [3.05, 3.63) is 41.1 Å². The second-order valence-electron chi connectivity index (χ2n) is 4.00. The number of hydrogen-bond donors (Lipinski definition) is 2. The monoisotopic (exact) mass is 287 g/mol. The Hall–Kier alpha value is -1.96. The molecular formula is C11H11F2N3O2S. The highest BCUT2D eigenvalue weighted by molar-refractivity contribution is 7.92. The molecule has 0 amide bonds. The molecule has 8 heteroatoms. The molecule has 1 heterocycles. The molecule has 0 bridgehead atoms. The van der Waals surface area contributed by atoms with Crippen LogP contribution in [0.25, 0.3) is 0 Å². The summed E-state index contributed by atoms with van der Waals surface area (Å²) in [6, 6.07) is 2.25. The molecule has 0 atom stereocenters. The van der Waals surface area contributed by atoms with Crippen molar-refractivity contribution in [1.29, 1.82) is 0 Å². The zero-order valence-electron chi connectivity index (χ0n) is 10.2. The van der Waals surface area contributed by atoms with Gasteiger partial charge in [0.1, 0.15) is 16.5 Å². The molecule has 1 aromatic carbocycles. The van der Waals surface area contributed by atoms with Crippen LogP contribution in [0.1, 0.15) is 11.3 Å². The van der Waals surface area contributed by atoms with E-state index in [1.807, 2.05) is 0 Å². The van der Waals surface area contributed by atoms with Crippen molar-refractivity contribution < 1.29 is 17.2 Å². The first kappa shape index (κ1) is 13.5. The minimum absolute atomic E-state index is 0.0845. The normalized spacial score (nSPS) is 11.6. The van der Waals surface area contributed by atoms with Gasteiger partial charge in [-0.15, -0.1) is 0 Å². The quantitative estimate of drug-likeness (QED) is 0.907. The second-order valence-corrected chi connectivity index (χ2v) is 5.65. The molecule has 0 spiro atoms. The fraction of sp³-hybridized carbons (Fsp3) is 0.182. The van der Waals surface area contributed by atoms with E-state index in [9.17, 15) is 17.2 Å². The number of H-pyrrole nitrogens is 1. The Morgan fingerprint density at radius 2 is 1.95 bits per heavy atom. The molecule has 0 saturated carbocycles. The molecule has 1 aromatic heterocycles. The van der Waals surface area contributed by atoms with Crippen LogP contribution in [0.4, 0.5) is 14.6 Å². The number of aromatic nitrogens is 2. The molecule has 2 rings (SSSR count). The lowest BCUT2D eigenvalue weighted by atomic mass is 10.3. The summed E-state index contributed by atoms with van der Waals surface area (Å²) in [6.45, 7) is 3.39. The molecule has 19 heavy (non-hydrogen) atoms. The zero-order valence-corrected chi connectivity index (χ0v) is 11.0. The van der Waals surface area contributed by atoms with Crippen molar-refractivity contribution in [1.82, 2.24) is 10.2 Å². The van der Waals surface area contributed by atoms with Crippen molar-refractivity contribution in [2.45, 2.75) is 18.7 Å². The van der Waals surface area contributed by atoms with Gasteiger partial charge in [0, 0.05) is 17.3 Å². The van der Waals surface area contributed by atoms with Gasteiger partial charge in [0.25, 0.3) is 10.0 Å². The number of nitrogens with zero attached hydrogens (tertiary/aromatic N) is 1. The molecule has 0 aliphatic heterocycles. The average molecular weight is 287 g/mol. The minimum atomic E-state index is -4.14. The third-order valence-corrected chi connectivity index (χ3v) is 4.04. The smallest absolute Gasteiger partial charge is 0.266 e. The molecule has 0 fully saturated rings. The number of hydrogen-bond acceptors (Lipinski definition) is 3. The molecular weight excluding hydrogens is 276 g/mol. The van der Waals surface area contributed by atoms with E-state index >= 15 is 0 Å². The molecule has 0 saturated heterocycles. The number of rotatable bonds is 3. The summed E-state index contributed by atoms with van der Waals surface area (Å²) in [7, 11) is -4.14. The number of sulfonamides is 1. The van der Waals surface area contributed by atoms with E-state index in [0.29, 0.717) is 17.3 Å². The fourth-order valence-corrected chi connectivity index (χ4v) is 2.59. The lowest BCUT2D eigenvalue weighted by Crippen LogP contribution is -2.15. The van der Waals surface area contributed by atoms with Gasteiger partial charge in [-0.3, -0.25) is 9.82 Å². The van der Waals surface area contributed by atoms with Crippen molar-refractivity contribution in [2.24, 2.45) is 0 Å². The van der Waals surface area contributed by atoms with E-state index in [2.05, 4.69) is 14.9 Å². The maximum absolute atomic E-state index is 13.5. The van der Waals surface area contributed by atoms with E-state index in [1.54, 1.807) is 13.8 Å². The van der Waals surface area contributed by atoms with Gasteiger partial charge in [0.05, 0.1) is 0 Å². The highest BCUT2D eigenvalue weighted by Crippen LogP contribution is 2.21. The Balaban J connectivity index is 2.41. The van der Waals surface area contributed by atoms with Crippen LogP contribution in [0.5, 0.6) is 0 Å². The average Bonchev–Trinajstić information content (AvgIpc) is 2.60. The lowest BCUT2D eigenvalue weighted by molar-refractivity contribution is 0.551. The van der Waals surface area contributed by atoms with Crippen molar-refractivity contribution in [3.8, 4) is 0 Å². The minimum Gasteiger partial charge on any atom is -0.280 e. The SMILES string of the molecule is Cc1[nH]nc(NS(=O)(=O)c2ccc(F)cc2F)c1C. The number of anilines is 1. The Kier molecular flexibility index (Phi) is 3.27. The Bertz CT molecular complexity index is 726. The van der Waals surface area contributed by atoms with Gasteiger partial charge in [-0.1, -0.05) is 0 Å². The second kappa shape index (κ2) is 4.61. The van der Waals surface area contributed by atoms with Gasteiger partial charge in [-0.25, -0.2) is 17.2 Å².